The SMILES string of the molecule is CCOC(=O)N1C(C(=O)O)C(C#N)CCN1CC. The first-order valence-electron chi connectivity index (χ1n) is 5.90. The van der Waals surface area contributed by atoms with Crippen molar-refractivity contribution in [2.75, 3.05) is 19.7 Å². The molecule has 100 valence electrons. The van der Waals surface area contributed by atoms with Crippen molar-refractivity contribution < 1.29 is 19.4 Å². The highest BCUT2D eigenvalue weighted by atomic mass is 16.6. The molecule has 2 unspecified atom stereocenters. The zero-order valence-electron chi connectivity index (χ0n) is 10.5. The fourth-order valence-electron chi connectivity index (χ4n) is 2.04. The van der Waals surface area contributed by atoms with Gasteiger partial charge in [-0.1, -0.05) is 6.92 Å². The zero-order valence-corrected chi connectivity index (χ0v) is 10.5. The minimum Gasteiger partial charge on any atom is -0.480 e. The Labute approximate surface area is 105 Å². The van der Waals surface area contributed by atoms with Crippen molar-refractivity contribution in [2.24, 2.45) is 5.92 Å². The molecule has 0 aromatic carbocycles. The maximum Gasteiger partial charge on any atom is 0.425 e. The van der Waals surface area contributed by atoms with Crippen LogP contribution in [0.3, 0.4) is 0 Å². The Morgan fingerprint density at radius 2 is 2.17 bits per heavy atom. The second kappa shape index (κ2) is 6.21. The van der Waals surface area contributed by atoms with Gasteiger partial charge in [-0.3, -0.25) is 0 Å². The highest BCUT2D eigenvalue weighted by molar-refractivity contribution is 5.80. The molecule has 7 heteroatoms. The van der Waals surface area contributed by atoms with Crippen LogP contribution in [0.1, 0.15) is 20.3 Å². The van der Waals surface area contributed by atoms with E-state index < -0.39 is 24.0 Å². The van der Waals surface area contributed by atoms with Crippen LogP contribution in [0.25, 0.3) is 0 Å². The van der Waals surface area contributed by atoms with Gasteiger partial charge in [0.05, 0.1) is 18.6 Å². The third-order valence-corrected chi connectivity index (χ3v) is 2.89. The van der Waals surface area contributed by atoms with E-state index in [0.717, 1.165) is 5.01 Å². The fraction of sp³-hybridized carbons (Fsp3) is 0.727. The molecule has 1 N–H and O–H groups in total. The summed E-state index contributed by atoms with van der Waals surface area (Å²) >= 11 is 0. The number of amides is 1. The molecule has 1 amide bonds. The summed E-state index contributed by atoms with van der Waals surface area (Å²) in [5.74, 6) is -1.90. The van der Waals surface area contributed by atoms with Gasteiger partial charge in [-0.2, -0.15) is 5.26 Å². The number of rotatable bonds is 3. The molecule has 7 nitrogen and oxygen atoms in total. The van der Waals surface area contributed by atoms with Gasteiger partial charge < -0.3 is 9.84 Å². The van der Waals surface area contributed by atoms with Crippen LogP contribution in [0.2, 0.25) is 0 Å². The largest absolute Gasteiger partial charge is 0.480 e. The van der Waals surface area contributed by atoms with Gasteiger partial charge in [-0.05, 0) is 13.3 Å². The number of carboxylic acids is 1. The number of hydrazine groups is 1. The molecule has 1 rings (SSSR count). The zero-order chi connectivity index (χ0) is 13.7. The quantitative estimate of drug-likeness (QED) is 0.797. The molecule has 0 aromatic heterocycles. The maximum absolute atomic E-state index is 11.8. The summed E-state index contributed by atoms with van der Waals surface area (Å²) in [5, 5.41) is 20.9. The number of carboxylic acid groups (broad SMARTS) is 1. The Morgan fingerprint density at radius 1 is 1.50 bits per heavy atom. The second-order valence-corrected chi connectivity index (χ2v) is 3.90. The number of nitriles is 1. The predicted molar refractivity (Wildman–Crippen MR) is 61.3 cm³/mol. The lowest BCUT2D eigenvalue weighted by atomic mass is 9.95. The lowest BCUT2D eigenvalue weighted by Gasteiger charge is -2.42. The van der Waals surface area contributed by atoms with Crippen molar-refractivity contribution >= 4 is 12.1 Å². The number of carbonyl (C=O) groups is 2. The van der Waals surface area contributed by atoms with Gasteiger partial charge in [-0.25, -0.2) is 19.6 Å². The molecule has 0 saturated carbocycles. The van der Waals surface area contributed by atoms with E-state index >= 15 is 0 Å². The summed E-state index contributed by atoms with van der Waals surface area (Å²) in [6, 6.07) is 0.772. The Morgan fingerprint density at radius 3 is 2.61 bits per heavy atom. The Kier molecular flexibility index (Phi) is 4.92. The van der Waals surface area contributed by atoms with Crippen molar-refractivity contribution in [3.63, 3.8) is 0 Å². The van der Waals surface area contributed by atoms with E-state index in [1.54, 1.807) is 11.9 Å². The Hall–Kier alpha value is -1.81. The van der Waals surface area contributed by atoms with Crippen molar-refractivity contribution in [1.29, 1.82) is 5.26 Å². The van der Waals surface area contributed by atoms with E-state index in [1.807, 2.05) is 13.0 Å². The Bertz CT molecular complexity index is 366. The molecular formula is C11H17N3O4. The molecule has 1 heterocycles. The topological polar surface area (TPSA) is 93.9 Å². The smallest absolute Gasteiger partial charge is 0.425 e. The van der Waals surface area contributed by atoms with Crippen LogP contribution in [0.5, 0.6) is 0 Å². The number of hydrogen-bond donors (Lipinski definition) is 1. The van der Waals surface area contributed by atoms with Gasteiger partial charge in [0.25, 0.3) is 0 Å². The van der Waals surface area contributed by atoms with Gasteiger partial charge >= 0.3 is 12.1 Å². The van der Waals surface area contributed by atoms with E-state index in [9.17, 15) is 14.7 Å². The summed E-state index contributed by atoms with van der Waals surface area (Å²) in [7, 11) is 0. The highest BCUT2D eigenvalue weighted by Crippen LogP contribution is 2.24. The number of ether oxygens (including phenoxy) is 1. The van der Waals surface area contributed by atoms with Crippen LogP contribution in [0, 0.1) is 17.2 Å². The second-order valence-electron chi connectivity index (χ2n) is 3.90. The lowest BCUT2D eigenvalue weighted by molar-refractivity contribution is -0.158. The van der Waals surface area contributed by atoms with Crippen molar-refractivity contribution in [2.45, 2.75) is 26.3 Å². The fourth-order valence-corrected chi connectivity index (χ4v) is 2.04. The summed E-state index contributed by atoms with van der Waals surface area (Å²) in [6.07, 6.45) is -0.288. The third kappa shape index (κ3) is 2.71. The van der Waals surface area contributed by atoms with Gasteiger partial charge in [0.2, 0.25) is 0 Å². The average molecular weight is 255 g/mol. The predicted octanol–water partition coefficient (Wildman–Crippen LogP) is 0.678. The van der Waals surface area contributed by atoms with E-state index in [2.05, 4.69) is 0 Å². The number of nitrogens with zero attached hydrogens (tertiary/aromatic N) is 3. The first-order valence-corrected chi connectivity index (χ1v) is 5.90. The number of aliphatic carboxylic acids is 1. The molecule has 1 aliphatic rings. The summed E-state index contributed by atoms with van der Waals surface area (Å²) in [6.45, 7) is 4.59. The van der Waals surface area contributed by atoms with Crippen LogP contribution < -0.4 is 0 Å². The van der Waals surface area contributed by atoms with Crippen molar-refractivity contribution in [3.8, 4) is 6.07 Å². The average Bonchev–Trinajstić information content (AvgIpc) is 2.36. The summed E-state index contributed by atoms with van der Waals surface area (Å²) in [4.78, 5) is 23.1. The van der Waals surface area contributed by atoms with Crippen LogP contribution in [0.4, 0.5) is 4.79 Å². The molecule has 0 bridgehead atoms. The molecule has 1 fully saturated rings. The van der Waals surface area contributed by atoms with E-state index in [0.29, 0.717) is 19.5 Å². The normalized spacial score (nSPS) is 24.4. The minimum atomic E-state index is -1.19. The molecule has 2 atom stereocenters. The van der Waals surface area contributed by atoms with E-state index in [-0.39, 0.29) is 6.61 Å². The molecule has 0 spiro atoms. The van der Waals surface area contributed by atoms with E-state index in [1.165, 1.54) is 0 Å². The minimum absolute atomic E-state index is 0.163. The molecular weight excluding hydrogens is 238 g/mol. The molecule has 1 saturated heterocycles. The Balaban J connectivity index is 3.03. The first-order chi connectivity index (χ1) is 8.56. The standard InChI is InChI=1S/C11H17N3O4/c1-3-13-6-5-8(7-12)9(10(15)16)14(13)11(17)18-4-2/h8-9H,3-6H2,1-2H3,(H,15,16). The van der Waals surface area contributed by atoms with Crippen molar-refractivity contribution in [1.82, 2.24) is 10.0 Å². The number of carbonyl (C=O) groups excluding carboxylic acids is 1. The maximum atomic E-state index is 11.8. The van der Waals surface area contributed by atoms with Gasteiger partial charge in [0.1, 0.15) is 0 Å². The molecule has 0 aromatic rings. The van der Waals surface area contributed by atoms with Crippen LogP contribution in [0.15, 0.2) is 0 Å². The van der Waals surface area contributed by atoms with Gasteiger partial charge in [0, 0.05) is 13.1 Å². The van der Waals surface area contributed by atoms with Crippen LogP contribution in [-0.2, 0) is 9.53 Å². The first kappa shape index (κ1) is 14.3. The van der Waals surface area contributed by atoms with Crippen molar-refractivity contribution in [3.05, 3.63) is 0 Å². The molecule has 1 aliphatic heterocycles. The highest BCUT2D eigenvalue weighted by Gasteiger charge is 2.44. The molecule has 0 aliphatic carbocycles. The van der Waals surface area contributed by atoms with E-state index in [4.69, 9.17) is 10.00 Å². The monoisotopic (exact) mass is 255 g/mol. The lowest BCUT2D eigenvalue weighted by Crippen LogP contribution is -2.61. The van der Waals surface area contributed by atoms with Crippen LogP contribution >= 0.6 is 0 Å². The number of hydrogen-bond acceptors (Lipinski definition) is 5. The molecule has 0 radical (unpaired) electrons. The van der Waals surface area contributed by atoms with Crippen LogP contribution in [-0.4, -0.2) is 52.9 Å². The summed E-state index contributed by atoms with van der Waals surface area (Å²) in [5.41, 5.74) is 0. The van der Waals surface area contributed by atoms with Gasteiger partial charge in [0.15, 0.2) is 6.04 Å². The summed E-state index contributed by atoms with van der Waals surface area (Å²) < 4.78 is 4.86. The van der Waals surface area contributed by atoms with Gasteiger partial charge in [-0.15, -0.1) is 0 Å². The third-order valence-electron chi connectivity index (χ3n) is 2.89. The molecule has 18 heavy (non-hydrogen) atoms.